The topological polar surface area (TPSA) is 106 Å². The fraction of sp³-hybridized carbons (Fsp3) is 0.542. The van der Waals surface area contributed by atoms with Crippen LogP contribution in [0.3, 0.4) is 0 Å². The van der Waals surface area contributed by atoms with Crippen LogP contribution in [0.1, 0.15) is 50.9 Å². The van der Waals surface area contributed by atoms with Crippen molar-refractivity contribution in [2.75, 3.05) is 42.4 Å². The Hall–Kier alpha value is -3.07. The molecule has 2 aromatic rings. The number of aromatic nitrogens is 1. The quantitative estimate of drug-likeness (QED) is 0.559. The van der Waals surface area contributed by atoms with Crippen LogP contribution in [-0.2, 0) is 14.3 Å². The van der Waals surface area contributed by atoms with Crippen LogP contribution in [0.2, 0.25) is 0 Å². The summed E-state index contributed by atoms with van der Waals surface area (Å²) < 4.78 is 15.6. The molecule has 1 saturated heterocycles. The summed E-state index contributed by atoms with van der Waals surface area (Å²) in [4.78, 5) is 27.0. The fourth-order valence-electron chi connectivity index (χ4n) is 4.11. The average Bonchev–Trinajstić information content (AvgIpc) is 3.21. The van der Waals surface area contributed by atoms with Crippen molar-refractivity contribution in [1.29, 1.82) is 0 Å². The van der Waals surface area contributed by atoms with Crippen molar-refractivity contribution >= 4 is 29.2 Å². The van der Waals surface area contributed by atoms with Crippen LogP contribution < -0.4 is 15.5 Å². The lowest BCUT2D eigenvalue weighted by atomic mass is 9.92. The largest absolute Gasteiger partial charge is 0.469 e. The van der Waals surface area contributed by atoms with Gasteiger partial charge in [0.1, 0.15) is 5.76 Å². The number of amides is 2. The van der Waals surface area contributed by atoms with E-state index in [9.17, 15) is 9.59 Å². The van der Waals surface area contributed by atoms with Crippen LogP contribution in [0.4, 0.5) is 22.0 Å². The monoisotopic (exact) mass is 458 g/mol. The van der Waals surface area contributed by atoms with Crippen molar-refractivity contribution in [3.8, 4) is 0 Å². The Labute approximate surface area is 194 Å². The van der Waals surface area contributed by atoms with Gasteiger partial charge in [0.2, 0.25) is 0 Å². The van der Waals surface area contributed by atoms with Gasteiger partial charge in [0.15, 0.2) is 5.82 Å². The van der Waals surface area contributed by atoms with E-state index in [4.69, 9.17) is 14.0 Å². The molecule has 9 heteroatoms. The number of carbonyl (C=O) groups excluding carboxylic acids is 2. The number of rotatable bonds is 8. The van der Waals surface area contributed by atoms with Crippen molar-refractivity contribution in [2.45, 2.75) is 52.5 Å². The predicted molar refractivity (Wildman–Crippen MR) is 127 cm³/mol. The fourth-order valence-corrected chi connectivity index (χ4v) is 4.11. The molecular weight excluding hydrogens is 424 g/mol. The van der Waals surface area contributed by atoms with Gasteiger partial charge in [-0.25, -0.2) is 4.79 Å². The molecule has 3 rings (SSSR count). The number of anilines is 3. The number of morpholine rings is 1. The van der Waals surface area contributed by atoms with Gasteiger partial charge >= 0.3 is 12.0 Å². The lowest BCUT2D eigenvalue weighted by Gasteiger charge is -2.40. The van der Waals surface area contributed by atoms with E-state index in [1.165, 1.54) is 7.11 Å². The van der Waals surface area contributed by atoms with E-state index >= 15 is 0 Å². The second kappa shape index (κ2) is 11.2. The number of methoxy groups -OCH3 is 1. The molecular formula is C24H34N4O5. The molecule has 0 unspecified atom stereocenters. The van der Waals surface area contributed by atoms with Crippen LogP contribution in [0.25, 0.3) is 0 Å². The highest BCUT2D eigenvalue weighted by Gasteiger charge is 2.28. The third-order valence-electron chi connectivity index (χ3n) is 5.99. The van der Waals surface area contributed by atoms with Crippen molar-refractivity contribution in [2.24, 2.45) is 5.92 Å². The molecule has 1 aliphatic rings. The van der Waals surface area contributed by atoms with Crippen molar-refractivity contribution in [1.82, 2.24) is 5.16 Å². The van der Waals surface area contributed by atoms with Gasteiger partial charge < -0.3 is 24.2 Å². The van der Waals surface area contributed by atoms with Gasteiger partial charge in [-0.1, -0.05) is 32.0 Å². The summed E-state index contributed by atoms with van der Waals surface area (Å²) in [6.45, 7) is 10.1. The zero-order valence-electron chi connectivity index (χ0n) is 20.0. The van der Waals surface area contributed by atoms with Crippen molar-refractivity contribution in [3.05, 3.63) is 35.6 Å². The van der Waals surface area contributed by atoms with Crippen LogP contribution >= 0.6 is 0 Å². The molecule has 2 heterocycles. The molecule has 1 fully saturated rings. The van der Waals surface area contributed by atoms with E-state index in [0.29, 0.717) is 36.4 Å². The SMILES string of the molecule is CC[C@@H](CC(=O)OC)c1ccc(N2CCOC[C@@H]2C(C)C)c(NC(=O)Nc2cc(C)on2)c1. The Kier molecular flexibility index (Phi) is 8.32. The molecule has 0 bridgehead atoms. The van der Waals surface area contributed by atoms with Crippen LogP contribution in [0, 0.1) is 12.8 Å². The summed E-state index contributed by atoms with van der Waals surface area (Å²) >= 11 is 0. The van der Waals surface area contributed by atoms with Crippen LogP contribution in [0.15, 0.2) is 28.8 Å². The van der Waals surface area contributed by atoms with Crippen molar-refractivity contribution in [3.63, 3.8) is 0 Å². The summed E-state index contributed by atoms with van der Waals surface area (Å²) in [5, 5.41) is 9.51. The van der Waals surface area contributed by atoms with Gasteiger partial charge in [-0.2, -0.15) is 0 Å². The third-order valence-corrected chi connectivity index (χ3v) is 5.99. The first kappa shape index (κ1) is 24.6. The Morgan fingerprint density at radius 2 is 2.06 bits per heavy atom. The number of hydrogen-bond acceptors (Lipinski definition) is 7. The molecule has 0 radical (unpaired) electrons. The number of nitrogens with zero attached hydrogens (tertiary/aromatic N) is 2. The van der Waals surface area contributed by atoms with Gasteiger partial charge in [0.25, 0.3) is 0 Å². The van der Waals surface area contributed by atoms with E-state index in [-0.39, 0.29) is 24.3 Å². The summed E-state index contributed by atoms with van der Waals surface area (Å²) in [5.74, 6) is 1.04. The number of esters is 1. The number of nitrogens with one attached hydrogen (secondary N) is 2. The molecule has 1 aliphatic heterocycles. The van der Waals surface area contributed by atoms with E-state index in [1.54, 1.807) is 13.0 Å². The molecule has 2 atom stereocenters. The normalized spacial score (nSPS) is 17.0. The molecule has 180 valence electrons. The number of ether oxygens (including phenoxy) is 2. The molecule has 2 N–H and O–H groups in total. The lowest BCUT2D eigenvalue weighted by Crippen LogP contribution is -2.48. The molecule has 0 spiro atoms. The maximum Gasteiger partial charge on any atom is 0.325 e. The summed E-state index contributed by atoms with van der Waals surface area (Å²) in [6, 6.07) is 7.42. The Morgan fingerprint density at radius 3 is 2.70 bits per heavy atom. The Morgan fingerprint density at radius 1 is 1.27 bits per heavy atom. The number of carbonyl (C=O) groups is 2. The molecule has 9 nitrogen and oxygen atoms in total. The summed E-state index contributed by atoms with van der Waals surface area (Å²) in [7, 11) is 1.39. The minimum Gasteiger partial charge on any atom is -0.469 e. The van der Waals surface area contributed by atoms with Crippen LogP contribution in [-0.4, -0.2) is 50.1 Å². The first-order chi connectivity index (χ1) is 15.8. The second-order valence-corrected chi connectivity index (χ2v) is 8.64. The second-order valence-electron chi connectivity index (χ2n) is 8.64. The standard InChI is InChI=1S/C24H34N4O5/c1-6-17(13-23(29)31-5)18-7-8-20(28-9-10-32-14-21(28)15(2)3)19(12-18)25-24(30)26-22-11-16(4)33-27-22/h7-8,11-12,15,17,21H,6,9-10,13-14H2,1-5H3,(H2,25,26,27,30)/t17-,21+/m0/s1. The maximum atomic E-state index is 12.8. The molecule has 0 saturated carbocycles. The minimum absolute atomic E-state index is 0.0149. The number of hydrogen-bond donors (Lipinski definition) is 2. The zero-order chi connectivity index (χ0) is 24.0. The summed E-state index contributed by atoms with van der Waals surface area (Å²) in [5.41, 5.74) is 2.55. The highest BCUT2D eigenvalue weighted by atomic mass is 16.5. The van der Waals surface area contributed by atoms with E-state index in [1.807, 2.05) is 25.1 Å². The van der Waals surface area contributed by atoms with E-state index < -0.39 is 6.03 Å². The molecule has 33 heavy (non-hydrogen) atoms. The number of aryl methyl sites for hydroxylation is 1. The molecule has 0 aliphatic carbocycles. The zero-order valence-corrected chi connectivity index (χ0v) is 20.0. The highest BCUT2D eigenvalue weighted by Crippen LogP contribution is 2.35. The van der Waals surface area contributed by atoms with Crippen molar-refractivity contribution < 1.29 is 23.6 Å². The van der Waals surface area contributed by atoms with Gasteiger partial charge in [0.05, 0.1) is 44.2 Å². The minimum atomic E-state index is -0.419. The van der Waals surface area contributed by atoms with Gasteiger partial charge in [-0.3, -0.25) is 10.1 Å². The molecule has 1 aromatic carbocycles. The highest BCUT2D eigenvalue weighted by molar-refractivity contribution is 6.01. The predicted octanol–water partition coefficient (Wildman–Crippen LogP) is 4.54. The van der Waals surface area contributed by atoms with E-state index in [2.05, 4.69) is 34.5 Å². The smallest absolute Gasteiger partial charge is 0.325 e. The van der Waals surface area contributed by atoms with Gasteiger partial charge in [0, 0.05) is 12.6 Å². The number of urea groups is 1. The van der Waals surface area contributed by atoms with E-state index in [0.717, 1.165) is 24.2 Å². The first-order valence-electron chi connectivity index (χ1n) is 11.4. The number of benzene rings is 1. The first-order valence-corrected chi connectivity index (χ1v) is 11.4. The lowest BCUT2D eigenvalue weighted by molar-refractivity contribution is -0.141. The Balaban J connectivity index is 1.93. The average molecular weight is 459 g/mol. The van der Waals surface area contributed by atoms with Crippen LogP contribution in [0.5, 0.6) is 0 Å². The third kappa shape index (κ3) is 6.25. The molecule has 1 aromatic heterocycles. The maximum absolute atomic E-state index is 12.8. The van der Waals surface area contributed by atoms with Gasteiger partial charge in [-0.15, -0.1) is 0 Å². The van der Waals surface area contributed by atoms with Gasteiger partial charge in [-0.05, 0) is 42.9 Å². The molecule has 2 amide bonds. The Bertz CT molecular complexity index is 958. The summed E-state index contributed by atoms with van der Waals surface area (Å²) in [6.07, 6.45) is 1.05.